The molecule has 0 aliphatic heterocycles. The van der Waals surface area contributed by atoms with E-state index in [-0.39, 0.29) is 12.0 Å². The second kappa shape index (κ2) is 7.92. The van der Waals surface area contributed by atoms with E-state index in [1.54, 1.807) is 18.2 Å². The van der Waals surface area contributed by atoms with Crippen molar-refractivity contribution in [1.29, 1.82) is 0 Å². The number of ether oxygens (including phenoxy) is 1. The van der Waals surface area contributed by atoms with Gasteiger partial charge in [-0.2, -0.15) is 0 Å². The summed E-state index contributed by atoms with van der Waals surface area (Å²) in [5, 5.41) is 6.32. The topological polar surface area (TPSA) is 50.4 Å². The molecule has 120 valence electrons. The van der Waals surface area contributed by atoms with Gasteiger partial charge in [-0.1, -0.05) is 12.8 Å². The first-order chi connectivity index (χ1) is 10.5. The highest BCUT2D eigenvalue weighted by Crippen LogP contribution is 2.27. The van der Waals surface area contributed by atoms with E-state index >= 15 is 0 Å². The fourth-order valence-electron chi connectivity index (χ4n) is 2.46. The highest BCUT2D eigenvalue weighted by Gasteiger charge is 2.17. The summed E-state index contributed by atoms with van der Waals surface area (Å²) in [6.45, 7) is 3.92. The van der Waals surface area contributed by atoms with Crippen LogP contribution in [0, 0.1) is 0 Å². The molecule has 0 radical (unpaired) electrons. The molecule has 1 saturated carbocycles. The van der Waals surface area contributed by atoms with Crippen molar-refractivity contribution in [2.45, 2.75) is 51.7 Å². The molecule has 6 heteroatoms. The molecule has 0 spiro atoms. The maximum Gasteiger partial charge on any atom is 0.257 e. The van der Waals surface area contributed by atoms with Gasteiger partial charge in [-0.3, -0.25) is 10.1 Å². The number of amides is 1. The molecule has 1 aromatic carbocycles. The summed E-state index contributed by atoms with van der Waals surface area (Å²) < 4.78 is 6.39. The van der Waals surface area contributed by atoms with Crippen molar-refractivity contribution in [1.82, 2.24) is 10.6 Å². The third-order valence-corrected chi connectivity index (χ3v) is 4.31. The Bertz CT molecular complexity index is 557. The molecule has 1 aliphatic carbocycles. The van der Waals surface area contributed by atoms with Crippen LogP contribution < -0.4 is 15.4 Å². The number of carbonyl (C=O) groups excluding carboxylic acids is 1. The summed E-state index contributed by atoms with van der Waals surface area (Å²) in [6.07, 6.45) is 4.75. The smallest absolute Gasteiger partial charge is 0.257 e. The van der Waals surface area contributed by atoms with Crippen molar-refractivity contribution in [3.63, 3.8) is 0 Å². The first-order valence-corrected chi connectivity index (χ1v) is 8.74. The Morgan fingerprint density at radius 1 is 1.36 bits per heavy atom. The zero-order chi connectivity index (χ0) is 16.1. The van der Waals surface area contributed by atoms with Gasteiger partial charge in [0.1, 0.15) is 5.75 Å². The predicted molar refractivity (Wildman–Crippen MR) is 95.4 cm³/mol. The van der Waals surface area contributed by atoms with E-state index in [1.807, 2.05) is 13.8 Å². The number of rotatable bonds is 4. The fourth-order valence-corrected chi connectivity index (χ4v) is 3.19. The van der Waals surface area contributed by atoms with Crippen molar-refractivity contribution in [2.75, 3.05) is 0 Å². The third-order valence-electron chi connectivity index (χ3n) is 3.47. The van der Waals surface area contributed by atoms with Crippen molar-refractivity contribution >= 4 is 39.2 Å². The Kier molecular flexibility index (Phi) is 6.20. The molecule has 4 nitrogen and oxygen atoms in total. The molecule has 1 aliphatic rings. The highest BCUT2D eigenvalue weighted by molar-refractivity contribution is 9.10. The normalized spacial score (nSPS) is 14.9. The summed E-state index contributed by atoms with van der Waals surface area (Å²) in [6, 6.07) is 5.65. The molecule has 1 amide bonds. The van der Waals surface area contributed by atoms with Crippen LogP contribution in [-0.4, -0.2) is 23.2 Å². The van der Waals surface area contributed by atoms with Crippen molar-refractivity contribution in [3.05, 3.63) is 28.2 Å². The van der Waals surface area contributed by atoms with Gasteiger partial charge in [-0.05, 0) is 73.0 Å². The van der Waals surface area contributed by atoms with Gasteiger partial charge < -0.3 is 10.1 Å². The molecule has 0 saturated heterocycles. The Balaban J connectivity index is 1.94. The zero-order valence-corrected chi connectivity index (χ0v) is 15.2. The molecule has 0 heterocycles. The van der Waals surface area contributed by atoms with Crippen molar-refractivity contribution in [2.24, 2.45) is 0 Å². The van der Waals surface area contributed by atoms with Gasteiger partial charge in [-0.15, -0.1) is 0 Å². The van der Waals surface area contributed by atoms with E-state index in [9.17, 15) is 4.79 Å². The summed E-state index contributed by atoms with van der Waals surface area (Å²) in [4.78, 5) is 12.2. The lowest BCUT2D eigenvalue weighted by Gasteiger charge is -2.15. The van der Waals surface area contributed by atoms with E-state index < -0.39 is 0 Å². The monoisotopic (exact) mass is 384 g/mol. The lowest BCUT2D eigenvalue weighted by atomic mass is 10.2. The number of hydrogen-bond acceptors (Lipinski definition) is 3. The van der Waals surface area contributed by atoms with Gasteiger partial charge in [0.2, 0.25) is 0 Å². The number of benzene rings is 1. The maximum atomic E-state index is 12.2. The third kappa shape index (κ3) is 4.95. The highest BCUT2D eigenvalue weighted by atomic mass is 79.9. The molecule has 2 rings (SSSR count). The Hall–Kier alpha value is -1.14. The fraction of sp³-hybridized carbons (Fsp3) is 0.500. The van der Waals surface area contributed by atoms with Gasteiger partial charge in [0.25, 0.3) is 5.91 Å². The van der Waals surface area contributed by atoms with E-state index in [2.05, 4.69) is 26.6 Å². The largest absolute Gasteiger partial charge is 0.490 e. The van der Waals surface area contributed by atoms with E-state index in [0.717, 1.165) is 23.1 Å². The number of hydrogen-bond donors (Lipinski definition) is 2. The van der Waals surface area contributed by atoms with Crippen molar-refractivity contribution in [3.8, 4) is 5.75 Å². The van der Waals surface area contributed by atoms with Crippen LogP contribution in [0.1, 0.15) is 49.9 Å². The lowest BCUT2D eigenvalue weighted by molar-refractivity contribution is 0.0976. The molecule has 0 unspecified atom stereocenters. The predicted octanol–water partition coefficient (Wildman–Crippen LogP) is 3.78. The Morgan fingerprint density at radius 2 is 2.05 bits per heavy atom. The first kappa shape index (κ1) is 17.2. The maximum absolute atomic E-state index is 12.2. The quantitative estimate of drug-likeness (QED) is 0.775. The molecule has 1 aromatic rings. The zero-order valence-electron chi connectivity index (χ0n) is 12.8. The standard InChI is InChI=1S/C16H21BrN2O2S/c1-10(2)21-14-8-7-11(9-13(14)17)15(20)19-16(22)18-12-5-3-4-6-12/h7-10,12H,3-6H2,1-2H3,(H2,18,19,20,22). The van der Waals surface area contributed by atoms with Gasteiger partial charge >= 0.3 is 0 Å². The summed E-state index contributed by atoms with van der Waals surface area (Å²) in [5.74, 6) is 0.505. The number of halogens is 1. The number of thiocarbonyl (C=S) groups is 1. The van der Waals surface area contributed by atoms with Crippen LogP contribution in [0.15, 0.2) is 22.7 Å². The van der Waals surface area contributed by atoms with Crippen LogP contribution in [0.3, 0.4) is 0 Å². The molecular weight excluding hydrogens is 364 g/mol. The molecule has 1 fully saturated rings. The van der Waals surface area contributed by atoms with Crippen LogP contribution in [0.2, 0.25) is 0 Å². The minimum Gasteiger partial charge on any atom is -0.490 e. The molecular formula is C16H21BrN2O2S. The molecule has 0 atom stereocenters. The van der Waals surface area contributed by atoms with Crippen LogP contribution >= 0.6 is 28.1 Å². The number of carbonyl (C=O) groups is 1. The van der Waals surface area contributed by atoms with E-state index in [1.165, 1.54) is 12.8 Å². The summed E-state index contributed by atoms with van der Waals surface area (Å²) in [7, 11) is 0. The Morgan fingerprint density at radius 3 is 2.64 bits per heavy atom. The average Bonchev–Trinajstić information content (AvgIpc) is 2.93. The van der Waals surface area contributed by atoms with Gasteiger partial charge in [0, 0.05) is 11.6 Å². The molecule has 2 N–H and O–H groups in total. The van der Waals surface area contributed by atoms with Gasteiger partial charge in [0.15, 0.2) is 5.11 Å². The number of nitrogens with one attached hydrogen (secondary N) is 2. The minimum absolute atomic E-state index is 0.0826. The second-order valence-electron chi connectivity index (χ2n) is 5.72. The van der Waals surface area contributed by atoms with Crippen molar-refractivity contribution < 1.29 is 9.53 Å². The van der Waals surface area contributed by atoms with Crippen LogP contribution in [0.4, 0.5) is 0 Å². The van der Waals surface area contributed by atoms with Crippen LogP contribution in [0.25, 0.3) is 0 Å². The van der Waals surface area contributed by atoms with E-state index in [0.29, 0.717) is 16.7 Å². The average molecular weight is 385 g/mol. The van der Waals surface area contributed by atoms with Crippen LogP contribution in [-0.2, 0) is 0 Å². The minimum atomic E-state index is -0.215. The SMILES string of the molecule is CC(C)Oc1ccc(C(=O)NC(=S)NC2CCCC2)cc1Br. The van der Waals surface area contributed by atoms with Crippen LogP contribution in [0.5, 0.6) is 5.75 Å². The second-order valence-corrected chi connectivity index (χ2v) is 6.98. The van der Waals surface area contributed by atoms with Gasteiger partial charge in [0.05, 0.1) is 10.6 Å². The molecule has 0 bridgehead atoms. The lowest BCUT2D eigenvalue weighted by Crippen LogP contribution is -2.43. The molecule has 0 aromatic heterocycles. The summed E-state index contributed by atoms with van der Waals surface area (Å²) >= 11 is 8.63. The Labute approximate surface area is 145 Å². The first-order valence-electron chi connectivity index (χ1n) is 7.53. The molecule has 22 heavy (non-hydrogen) atoms. The van der Waals surface area contributed by atoms with Gasteiger partial charge in [-0.25, -0.2) is 0 Å². The van der Waals surface area contributed by atoms with E-state index in [4.69, 9.17) is 17.0 Å². The summed E-state index contributed by atoms with van der Waals surface area (Å²) in [5.41, 5.74) is 0.540.